The van der Waals surface area contributed by atoms with Crippen LogP contribution in [0.15, 0.2) is 11.4 Å². The van der Waals surface area contributed by atoms with Crippen LogP contribution < -0.4 is 5.32 Å². The number of aryl methyl sites for hydroxylation is 1. The van der Waals surface area contributed by atoms with Crippen molar-refractivity contribution < 1.29 is 4.74 Å². The molecule has 3 heteroatoms. The highest BCUT2D eigenvalue weighted by Crippen LogP contribution is 2.24. The van der Waals surface area contributed by atoms with Gasteiger partial charge in [0.05, 0.1) is 12.6 Å². The molecule has 0 bridgehead atoms. The molecule has 13 heavy (non-hydrogen) atoms. The molecule has 0 spiro atoms. The first-order chi connectivity index (χ1) is 6.33. The largest absolute Gasteiger partial charge is 0.383 e. The van der Waals surface area contributed by atoms with E-state index >= 15 is 0 Å². The van der Waals surface area contributed by atoms with Gasteiger partial charge in [0.15, 0.2) is 0 Å². The number of ether oxygens (including phenoxy) is 1. The van der Waals surface area contributed by atoms with Crippen LogP contribution in [-0.4, -0.2) is 20.8 Å². The number of nitrogens with one attached hydrogen (secondary N) is 1. The summed E-state index contributed by atoms with van der Waals surface area (Å²) in [5.41, 5.74) is 1.43. The maximum atomic E-state index is 5.16. The molecule has 1 atom stereocenters. The van der Waals surface area contributed by atoms with Crippen LogP contribution in [0.3, 0.4) is 0 Å². The number of methoxy groups -OCH3 is 1. The van der Waals surface area contributed by atoms with E-state index in [0.29, 0.717) is 6.04 Å². The van der Waals surface area contributed by atoms with Gasteiger partial charge in [0, 0.05) is 12.0 Å². The average Bonchev–Trinajstić information content (AvgIpc) is 2.61. The van der Waals surface area contributed by atoms with Gasteiger partial charge in [0.2, 0.25) is 0 Å². The predicted octanol–water partition coefficient (Wildman–Crippen LogP) is 2.22. The zero-order valence-electron chi connectivity index (χ0n) is 8.46. The molecule has 0 aliphatic rings. The van der Waals surface area contributed by atoms with E-state index in [9.17, 15) is 0 Å². The molecule has 0 radical (unpaired) electrons. The molecule has 0 amide bonds. The van der Waals surface area contributed by atoms with Gasteiger partial charge in [-0.05, 0) is 30.5 Å². The molecule has 0 aliphatic heterocycles. The average molecular weight is 199 g/mol. The van der Waals surface area contributed by atoms with E-state index in [0.717, 1.165) is 13.0 Å². The molecular formula is C10H17NOS. The maximum absolute atomic E-state index is 5.16. The molecule has 0 saturated heterocycles. The van der Waals surface area contributed by atoms with Crippen LogP contribution in [0.5, 0.6) is 0 Å². The monoisotopic (exact) mass is 199 g/mol. The minimum absolute atomic E-state index is 0.347. The van der Waals surface area contributed by atoms with Gasteiger partial charge in [0.1, 0.15) is 0 Å². The molecule has 0 fully saturated rings. The van der Waals surface area contributed by atoms with Crippen molar-refractivity contribution in [2.45, 2.75) is 19.4 Å². The van der Waals surface area contributed by atoms with E-state index in [1.54, 1.807) is 18.4 Å². The van der Waals surface area contributed by atoms with Gasteiger partial charge < -0.3 is 10.1 Å². The second-order valence-corrected chi connectivity index (χ2v) is 3.91. The Morgan fingerprint density at radius 1 is 1.62 bits per heavy atom. The van der Waals surface area contributed by atoms with E-state index in [2.05, 4.69) is 23.7 Å². The number of hydrogen-bond acceptors (Lipinski definition) is 3. The first kappa shape index (κ1) is 10.7. The van der Waals surface area contributed by atoms with Crippen LogP contribution >= 0.6 is 11.3 Å². The quantitative estimate of drug-likeness (QED) is 0.785. The molecular weight excluding hydrogens is 182 g/mol. The molecule has 1 N–H and O–H groups in total. The topological polar surface area (TPSA) is 21.3 Å². The van der Waals surface area contributed by atoms with Crippen molar-refractivity contribution >= 4 is 11.3 Å². The first-order valence-corrected chi connectivity index (χ1v) is 5.43. The molecule has 1 heterocycles. The Hall–Kier alpha value is -0.380. The third-order valence-corrected chi connectivity index (χ3v) is 3.23. The van der Waals surface area contributed by atoms with Gasteiger partial charge in [-0.25, -0.2) is 0 Å². The third-order valence-electron chi connectivity index (χ3n) is 2.16. The third kappa shape index (κ3) is 2.53. The van der Waals surface area contributed by atoms with Crippen LogP contribution in [0.2, 0.25) is 0 Å². The van der Waals surface area contributed by atoms with Crippen molar-refractivity contribution in [2.75, 3.05) is 20.8 Å². The van der Waals surface area contributed by atoms with E-state index in [-0.39, 0.29) is 0 Å². The van der Waals surface area contributed by atoms with Crippen LogP contribution in [-0.2, 0) is 11.2 Å². The van der Waals surface area contributed by atoms with Crippen molar-refractivity contribution in [3.63, 3.8) is 0 Å². The fourth-order valence-electron chi connectivity index (χ4n) is 1.40. The second-order valence-electron chi connectivity index (χ2n) is 2.96. The molecule has 1 unspecified atom stereocenters. The molecule has 1 aromatic rings. The Morgan fingerprint density at radius 2 is 2.38 bits per heavy atom. The van der Waals surface area contributed by atoms with E-state index in [4.69, 9.17) is 4.74 Å². The van der Waals surface area contributed by atoms with E-state index in [1.807, 2.05) is 7.05 Å². The summed E-state index contributed by atoms with van der Waals surface area (Å²) >= 11 is 1.80. The molecule has 1 aromatic heterocycles. The molecule has 0 saturated carbocycles. The van der Waals surface area contributed by atoms with Crippen LogP contribution in [0.25, 0.3) is 0 Å². The highest BCUT2D eigenvalue weighted by molar-refractivity contribution is 7.10. The zero-order chi connectivity index (χ0) is 9.68. The lowest BCUT2D eigenvalue weighted by atomic mass is 10.1. The van der Waals surface area contributed by atoms with Gasteiger partial charge in [-0.15, -0.1) is 11.3 Å². The molecule has 2 nitrogen and oxygen atoms in total. The molecule has 74 valence electrons. The zero-order valence-corrected chi connectivity index (χ0v) is 9.28. The van der Waals surface area contributed by atoms with Crippen molar-refractivity contribution in [3.05, 3.63) is 21.9 Å². The number of likely N-dealkylation sites (N-methyl/N-ethyl adjacent to an activating group) is 1. The van der Waals surface area contributed by atoms with Gasteiger partial charge in [-0.1, -0.05) is 6.92 Å². The SMILES string of the molecule is CCc1ccsc1C(COC)NC. The summed E-state index contributed by atoms with van der Waals surface area (Å²) in [5.74, 6) is 0. The fraction of sp³-hybridized carbons (Fsp3) is 0.600. The minimum atomic E-state index is 0.347. The Balaban J connectivity index is 2.77. The second kappa shape index (κ2) is 5.37. The first-order valence-electron chi connectivity index (χ1n) is 4.56. The summed E-state index contributed by atoms with van der Waals surface area (Å²) < 4.78 is 5.16. The maximum Gasteiger partial charge on any atom is 0.0665 e. The van der Waals surface area contributed by atoms with Crippen LogP contribution in [0, 0.1) is 0 Å². The number of hydrogen-bond donors (Lipinski definition) is 1. The highest BCUT2D eigenvalue weighted by Gasteiger charge is 2.13. The summed E-state index contributed by atoms with van der Waals surface area (Å²) in [5, 5.41) is 5.41. The van der Waals surface area contributed by atoms with Crippen molar-refractivity contribution in [3.8, 4) is 0 Å². The summed E-state index contributed by atoms with van der Waals surface area (Å²) in [4.78, 5) is 1.41. The normalized spacial score (nSPS) is 13.2. The molecule has 1 rings (SSSR count). The number of thiophene rings is 1. The van der Waals surface area contributed by atoms with Gasteiger partial charge in [0.25, 0.3) is 0 Å². The van der Waals surface area contributed by atoms with Crippen LogP contribution in [0.1, 0.15) is 23.4 Å². The fourth-order valence-corrected chi connectivity index (χ4v) is 2.49. The van der Waals surface area contributed by atoms with Crippen molar-refractivity contribution in [2.24, 2.45) is 0 Å². The van der Waals surface area contributed by atoms with E-state index in [1.165, 1.54) is 10.4 Å². The Labute approximate surface area is 83.9 Å². The summed E-state index contributed by atoms with van der Waals surface area (Å²) in [6.07, 6.45) is 1.10. The summed E-state index contributed by atoms with van der Waals surface area (Å²) in [7, 11) is 3.71. The summed E-state index contributed by atoms with van der Waals surface area (Å²) in [6, 6.07) is 2.54. The summed E-state index contributed by atoms with van der Waals surface area (Å²) in [6.45, 7) is 2.93. The standard InChI is InChI=1S/C10H17NOS/c1-4-8-5-6-13-10(8)9(11-2)7-12-3/h5-6,9,11H,4,7H2,1-3H3. The lowest BCUT2D eigenvalue weighted by Gasteiger charge is -2.15. The minimum Gasteiger partial charge on any atom is -0.383 e. The molecule has 0 aliphatic carbocycles. The smallest absolute Gasteiger partial charge is 0.0665 e. The highest BCUT2D eigenvalue weighted by atomic mass is 32.1. The lowest BCUT2D eigenvalue weighted by molar-refractivity contribution is 0.171. The number of rotatable bonds is 5. The van der Waals surface area contributed by atoms with Gasteiger partial charge in [-0.2, -0.15) is 0 Å². The predicted molar refractivity (Wildman–Crippen MR) is 57.4 cm³/mol. The Morgan fingerprint density at radius 3 is 2.92 bits per heavy atom. The van der Waals surface area contributed by atoms with Crippen LogP contribution in [0.4, 0.5) is 0 Å². The van der Waals surface area contributed by atoms with E-state index < -0.39 is 0 Å². The molecule has 0 aromatic carbocycles. The Kier molecular flexibility index (Phi) is 4.42. The van der Waals surface area contributed by atoms with Crippen molar-refractivity contribution in [1.29, 1.82) is 0 Å². The van der Waals surface area contributed by atoms with Gasteiger partial charge in [-0.3, -0.25) is 0 Å². The Bertz CT molecular complexity index is 247. The van der Waals surface area contributed by atoms with Gasteiger partial charge >= 0.3 is 0 Å². The lowest BCUT2D eigenvalue weighted by Crippen LogP contribution is -2.21. The van der Waals surface area contributed by atoms with Crippen molar-refractivity contribution in [1.82, 2.24) is 5.32 Å².